The van der Waals surface area contributed by atoms with E-state index in [1.807, 2.05) is 0 Å². The molecule has 2 heterocycles. The minimum absolute atomic E-state index is 0.0316. The molecule has 0 bridgehead atoms. The minimum Gasteiger partial charge on any atom is -0.484 e. The van der Waals surface area contributed by atoms with Crippen molar-refractivity contribution in [3.8, 4) is 11.5 Å². The summed E-state index contributed by atoms with van der Waals surface area (Å²) in [5.41, 5.74) is -0.439. The quantitative estimate of drug-likeness (QED) is 0.0393. The molecule has 6 aromatic rings. The number of halogens is 3. The molecule has 0 spiro atoms. The van der Waals surface area contributed by atoms with Gasteiger partial charge in [0.15, 0.2) is 32.9 Å². The number of alkyl halides is 3. The molecule has 0 fully saturated rings. The highest BCUT2D eigenvalue weighted by molar-refractivity contribution is 7.92. The summed E-state index contributed by atoms with van der Waals surface area (Å²) < 4.78 is 156. The normalized spacial score (nSPS) is 12.8. The summed E-state index contributed by atoms with van der Waals surface area (Å²) in [6.07, 6.45) is -4.59. The van der Waals surface area contributed by atoms with Crippen LogP contribution in [0.4, 0.5) is 24.5 Å². The van der Waals surface area contributed by atoms with Gasteiger partial charge in [-0.15, -0.1) is 0 Å². The zero-order valence-electron chi connectivity index (χ0n) is 41.7. The molecular formula is C48H47F3N6O18S4. The van der Waals surface area contributed by atoms with Crippen LogP contribution in [-0.4, -0.2) is 121 Å². The number of hydrogen-bond donors (Lipinski definition) is 1. The molecule has 1 amide bonds. The van der Waals surface area contributed by atoms with Crippen LogP contribution in [0, 0.1) is 34.1 Å². The molecule has 2 unspecified atom stereocenters. The average molecular weight is 1180 g/mol. The first-order valence-corrected chi connectivity index (χ1v) is 29.3. The van der Waals surface area contributed by atoms with Gasteiger partial charge in [-0.25, -0.2) is 39.0 Å². The summed E-state index contributed by atoms with van der Waals surface area (Å²) in [5, 5.41) is 24.2. The van der Waals surface area contributed by atoms with E-state index in [0.717, 1.165) is 52.5 Å². The van der Waals surface area contributed by atoms with E-state index in [1.54, 1.807) is 13.0 Å². The fraction of sp³-hybridized carbons (Fsp3) is 0.312. The fourth-order valence-corrected chi connectivity index (χ4v) is 13.4. The van der Waals surface area contributed by atoms with Crippen LogP contribution in [0.2, 0.25) is 0 Å². The van der Waals surface area contributed by atoms with E-state index >= 15 is 0 Å². The summed E-state index contributed by atoms with van der Waals surface area (Å²) in [4.78, 5) is 67.8. The minimum atomic E-state index is -4.71. The number of nitrogens with one attached hydrogen (secondary N) is 1. The molecule has 24 nitrogen and oxygen atoms in total. The molecule has 4 aromatic carbocycles. The number of fused-ring (bicyclic) bond motifs is 1. The van der Waals surface area contributed by atoms with Crippen LogP contribution in [0.5, 0.6) is 11.5 Å². The molecule has 0 saturated carbocycles. The Morgan fingerprint density at radius 3 is 1.95 bits per heavy atom. The van der Waals surface area contributed by atoms with Crippen LogP contribution in [0.15, 0.2) is 117 Å². The number of nitro benzene ring substituents is 2. The molecule has 0 aliphatic carbocycles. The smallest absolute Gasteiger partial charge is 0.422 e. The van der Waals surface area contributed by atoms with E-state index in [-0.39, 0.29) is 56.2 Å². The Morgan fingerprint density at radius 2 is 1.38 bits per heavy atom. The molecule has 2 atom stereocenters. The third-order valence-corrected chi connectivity index (χ3v) is 18.0. The second-order valence-corrected chi connectivity index (χ2v) is 24.3. The Hall–Kier alpha value is -7.90. The van der Waals surface area contributed by atoms with Gasteiger partial charge in [0, 0.05) is 42.4 Å². The number of benzene rings is 4. The number of amides is 1. The van der Waals surface area contributed by atoms with Crippen molar-refractivity contribution in [3.05, 3.63) is 140 Å². The maximum atomic E-state index is 14.7. The van der Waals surface area contributed by atoms with Gasteiger partial charge < -0.3 is 24.3 Å². The summed E-state index contributed by atoms with van der Waals surface area (Å²) in [6.45, 7) is 0.411. The maximum absolute atomic E-state index is 14.7. The molecule has 79 heavy (non-hydrogen) atoms. The van der Waals surface area contributed by atoms with Gasteiger partial charge in [-0.05, 0) is 80.3 Å². The number of hydrogen-bond acceptors (Lipinski definition) is 20. The number of nitrogens with zero attached hydrogens (tertiary/aromatic N) is 5. The van der Waals surface area contributed by atoms with Gasteiger partial charge in [-0.1, -0.05) is 31.2 Å². The van der Waals surface area contributed by atoms with Crippen molar-refractivity contribution in [2.24, 2.45) is 0 Å². The topological polar surface area (TPSA) is 337 Å². The third kappa shape index (κ3) is 15.4. The lowest BCUT2D eigenvalue weighted by Gasteiger charge is -2.19. The van der Waals surface area contributed by atoms with E-state index in [4.69, 9.17) is 18.9 Å². The summed E-state index contributed by atoms with van der Waals surface area (Å²) in [7, 11) is -15.5. The first kappa shape index (κ1) is 60.3. The summed E-state index contributed by atoms with van der Waals surface area (Å²) >= 11 is 0. The van der Waals surface area contributed by atoms with Crippen molar-refractivity contribution in [1.82, 2.24) is 19.3 Å². The number of carbonyl (C=O) groups excluding carboxylic acids is 3. The van der Waals surface area contributed by atoms with Crippen LogP contribution >= 0.6 is 0 Å². The molecular weight excluding hydrogens is 1130 g/mol. The van der Waals surface area contributed by atoms with Gasteiger partial charge in [0.05, 0.1) is 69.3 Å². The Bertz CT molecular complexity index is 3680. The standard InChI is InChI=1S/C48H47F3N6O18S4/c1-4-37-40(52-18-17-42(37)75-29-48(49,50)51)28-76(65)47-54-38-13-5-6-14-41(38)55(47)79(70,71)45-30(2)23-34(24-31(45)3)74-27-43(58)53-39(46(60)73-20-22-78(68,69)36-12-8-10-33(26-36)57(63)64)15-16-44(59)72-19-21-77(66,67)35-11-7-9-32(25-35)56(61)62/h5-14,17-18,23-26,39H,4,15-16,19-22,27-29H2,1-3H3,(H,53,58). The van der Waals surface area contributed by atoms with Crippen molar-refractivity contribution in [1.29, 1.82) is 0 Å². The van der Waals surface area contributed by atoms with Gasteiger partial charge in [-0.2, -0.15) is 13.2 Å². The number of imidazole rings is 1. The first-order valence-electron chi connectivity index (χ1n) is 23.2. The number of nitro groups is 2. The third-order valence-electron chi connectivity index (χ3n) is 11.4. The number of sulfone groups is 2. The van der Waals surface area contributed by atoms with Crippen molar-refractivity contribution >= 4 is 80.8 Å². The zero-order chi connectivity index (χ0) is 58.0. The molecule has 0 aliphatic rings. The van der Waals surface area contributed by atoms with Gasteiger partial charge >= 0.3 is 18.1 Å². The lowest BCUT2D eigenvalue weighted by atomic mass is 10.1. The predicted octanol–water partition coefficient (Wildman–Crippen LogP) is 5.59. The van der Waals surface area contributed by atoms with Crippen LogP contribution in [0.25, 0.3) is 11.0 Å². The largest absolute Gasteiger partial charge is 0.484 e. The van der Waals surface area contributed by atoms with Gasteiger partial charge in [0.1, 0.15) is 30.8 Å². The Kier molecular flexibility index (Phi) is 19.3. The number of rotatable bonds is 26. The Morgan fingerprint density at radius 1 is 0.797 bits per heavy atom. The number of pyridine rings is 1. The van der Waals surface area contributed by atoms with Crippen LogP contribution in [0.3, 0.4) is 0 Å². The molecule has 0 aliphatic heterocycles. The molecule has 2 aromatic heterocycles. The second kappa shape index (κ2) is 25.3. The van der Waals surface area contributed by atoms with E-state index < -0.39 is 163 Å². The molecule has 0 saturated heterocycles. The highest BCUT2D eigenvalue weighted by atomic mass is 32.2. The van der Waals surface area contributed by atoms with Crippen molar-refractivity contribution in [2.75, 3.05) is 37.9 Å². The van der Waals surface area contributed by atoms with Gasteiger partial charge in [0.2, 0.25) is 5.16 Å². The highest BCUT2D eigenvalue weighted by Gasteiger charge is 2.33. The van der Waals surface area contributed by atoms with Crippen molar-refractivity contribution in [2.45, 2.75) is 77.8 Å². The molecule has 422 valence electrons. The van der Waals surface area contributed by atoms with E-state index in [1.165, 1.54) is 56.4 Å². The average Bonchev–Trinajstić information content (AvgIpc) is 4.03. The van der Waals surface area contributed by atoms with Gasteiger partial charge in [0.25, 0.3) is 27.3 Å². The second-order valence-electron chi connectivity index (χ2n) is 17.0. The number of aryl methyl sites for hydroxylation is 2. The highest BCUT2D eigenvalue weighted by Crippen LogP contribution is 2.33. The number of para-hydroxylation sites is 2. The van der Waals surface area contributed by atoms with Gasteiger partial charge in [-0.3, -0.25) is 39.0 Å². The molecule has 0 radical (unpaired) electrons. The lowest BCUT2D eigenvalue weighted by Crippen LogP contribution is -2.44. The molecule has 1 N–H and O–H groups in total. The number of aromatic nitrogens is 3. The number of ether oxygens (including phenoxy) is 4. The first-order chi connectivity index (χ1) is 37.1. The predicted molar refractivity (Wildman–Crippen MR) is 272 cm³/mol. The summed E-state index contributed by atoms with van der Waals surface area (Å²) in [6, 6.07) is 16.3. The van der Waals surface area contributed by atoms with Crippen LogP contribution in [0.1, 0.15) is 42.1 Å². The SMILES string of the molecule is CCc1c(OCC(F)(F)F)ccnc1CS(=O)c1nc2ccccc2n1S(=O)(=O)c1c(C)cc(OCC(=O)NC(CCC(=O)OCCS(=O)(=O)c2cccc([N+](=O)[O-])c2)C(=O)OCCS(=O)(=O)c2cccc([N+](=O)[O-])c2)cc1C. The number of non-ortho nitro benzene ring substituents is 2. The number of esters is 2. The number of carbonyl (C=O) groups is 3. The zero-order valence-corrected chi connectivity index (χ0v) is 45.0. The van der Waals surface area contributed by atoms with Crippen LogP contribution < -0.4 is 14.8 Å². The van der Waals surface area contributed by atoms with E-state index in [2.05, 4.69) is 15.3 Å². The maximum Gasteiger partial charge on any atom is 0.422 e. The Labute approximate surface area is 450 Å². The summed E-state index contributed by atoms with van der Waals surface area (Å²) in [5.74, 6) is -5.70. The molecule has 31 heteroatoms. The van der Waals surface area contributed by atoms with Crippen molar-refractivity contribution < 1.29 is 85.8 Å². The monoisotopic (exact) mass is 1180 g/mol. The Balaban J connectivity index is 1.17. The lowest BCUT2D eigenvalue weighted by molar-refractivity contribution is -0.385. The van der Waals surface area contributed by atoms with Crippen molar-refractivity contribution in [3.63, 3.8) is 0 Å². The van der Waals surface area contributed by atoms with E-state index in [9.17, 15) is 77.2 Å². The van der Waals surface area contributed by atoms with Crippen LogP contribution in [-0.2, 0) is 76.5 Å². The fourth-order valence-electron chi connectivity index (χ4n) is 7.75. The van der Waals surface area contributed by atoms with E-state index in [0.29, 0.717) is 0 Å². The molecule has 6 rings (SSSR count).